The minimum absolute atomic E-state index is 0.512. The van der Waals surface area contributed by atoms with Gasteiger partial charge in [-0.2, -0.15) is 10.5 Å². The molecular formula is C17H18N2O2Si. The van der Waals surface area contributed by atoms with Crippen molar-refractivity contribution in [3.8, 4) is 23.3 Å². The second kappa shape index (κ2) is 9.49. The van der Waals surface area contributed by atoms with E-state index in [4.69, 9.17) is 19.4 Å². The van der Waals surface area contributed by atoms with Crippen LogP contribution in [0.1, 0.15) is 11.1 Å². The van der Waals surface area contributed by atoms with Crippen molar-refractivity contribution in [3.63, 3.8) is 0 Å². The largest absolute Gasteiger partial charge is 0.400 e. The Hall–Kier alpha value is -2.44. The van der Waals surface area contributed by atoms with Crippen LogP contribution in [0.5, 0.6) is 0 Å². The van der Waals surface area contributed by atoms with E-state index < -0.39 is 9.28 Å². The molecular weight excluding hydrogens is 292 g/mol. The van der Waals surface area contributed by atoms with Crippen LogP contribution in [0.2, 0.25) is 6.55 Å². The molecule has 2 aromatic carbocycles. The molecule has 4 nitrogen and oxygen atoms in total. The predicted molar refractivity (Wildman–Crippen MR) is 88.3 cm³/mol. The summed E-state index contributed by atoms with van der Waals surface area (Å²) >= 11 is 0. The van der Waals surface area contributed by atoms with Gasteiger partial charge in [0.05, 0.1) is 23.3 Å². The summed E-state index contributed by atoms with van der Waals surface area (Å²) in [6.45, 7) is 1.97. The summed E-state index contributed by atoms with van der Waals surface area (Å²) in [4.78, 5) is 0. The predicted octanol–water partition coefficient (Wildman–Crippen LogP) is 3.23. The van der Waals surface area contributed by atoms with E-state index in [0.29, 0.717) is 11.1 Å². The van der Waals surface area contributed by atoms with Crippen LogP contribution in [-0.4, -0.2) is 23.5 Å². The van der Waals surface area contributed by atoms with Crippen LogP contribution >= 0.6 is 0 Å². The highest BCUT2D eigenvalue weighted by atomic mass is 28.3. The number of rotatable bonds is 3. The number of hydrogen-bond donors (Lipinski definition) is 0. The van der Waals surface area contributed by atoms with Crippen molar-refractivity contribution in [2.75, 3.05) is 14.2 Å². The van der Waals surface area contributed by atoms with Crippen LogP contribution in [0.4, 0.5) is 0 Å². The highest BCUT2D eigenvalue weighted by Gasteiger charge is 2.02. The van der Waals surface area contributed by atoms with E-state index in [2.05, 4.69) is 12.1 Å². The zero-order valence-electron chi connectivity index (χ0n) is 12.9. The van der Waals surface area contributed by atoms with Gasteiger partial charge in [-0.1, -0.05) is 30.3 Å². The third-order valence-corrected chi connectivity index (χ3v) is 4.29. The van der Waals surface area contributed by atoms with E-state index in [-0.39, 0.29) is 0 Å². The van der Waals surface area contributed by atoms with Crippen LogP contribution in [0.25, 0.3) is 11.1 Å². The molecule has 0 spiro atoms. The van der Waals surface area contributed by atoms with Crippen LogP contribution in [0.15, 0.2) is 48.5 Å². The van der Waals surface area contributed by atoms with E-state index in [1.54, 1.807) is 32.4 Å². The SMILES string of the molecule is CO[SiH](C)OC.N#Cc1cc(C#N)cc(-c2ccccc2)c1. The Morgan fingerprint density at radius 1 is 0.818 bits per heavy atom. The molecule has 2 rings (SSSR count). The van der Waals surface area contributed by atoms with Crippen molar-refractivity contribution < 1.29 is 8.85 Å². The molecule has 2 aromatic rings. The third-order valence-electron chi connectivity index (χ3n) is 2.96. The van der Waals surface area contributed by atoms with Gasteiger partial charge in [0.1, 0.15) is 0 Å². The fourth-order valence-corrected chi connectivity index (χ4v) is 1.84. The Labute approximate surface area is 133 Å². The number of benzene rings is 2. The van der Waals surface area contributed by atoms with Gasteiger partial charge in [0.15, 0.2) is 0 Å². The van der Waals surface area contributed by atoms with Crippen molar-refractivity contribution in [3.05, 3.63) is 59.7 Å². The molecule has 0 aromatic heterocycles. The molecule has 0 unspecified atom stereocenters. The van der Waals surface area contributed by atoms with E-state index in [0.717, 1.165) is 11.1 Å². The molecule has 0 amide bonds. The number of nitrogens with zero attached hydrogens (tertiary/aromatic N) is 2. The second-order valence-electron chi connectivity index (χ2n) is 4.43. The summed E-state index contributed by atoms with van der Waals surface area (Å²) in [5.74, 6) is 0. The van der Waals surface area contributed by atoms with E-state index >= 15 is 0 Å². The van der Waals surface area contributed by atoms with Gasteiger partial charge >= 0.3 is 9.28 Å². The summed E-state index contributed by atoms with van der Waals surface area (Å²) in [6, 6.07) is 19.0. The molecule has 0 aliphatic heterocycles. The maximum atomic E-state index is 8.87. The van der Waals surface area contributed by atoms with Crippen LogP contribution in [0.3, 0.4) is 0 Å². The Morgan fingerprint density at radius 3 is 1.68 bits per heavy atom. The zero-order chi connectivity index (χ0) is 16.4. The van der Waals surface area contributed by atoms with Crippen LogP contribution < -0.4 is 0 Å². The maximum Gasteiger partial charge on any atom is 0.317 e. The van der Waals surface area contributed by atoms with Gasteiger partial charge in [-0.25, -0.2) is 0 Å². The summed E-state index contributed by atoms with van der Waals surface area (Å²) in [5, 5.41) is 17.7. The number of nitriles is 2. The van der Waals surface area contributed by atoms with Gasteiger partial charge in [-0.3, -0.25) is 0 Å². The molecule has 0 fully saturated rings. The summed E-state index contributed by atoms with van der Waals surface area (Å²) in [6.07, 6.45) is 0. The first-order valence-corrected chi connectivity index (χ1v) is 8.80. The molecule has 112 valence electrons. The van der Waals surface area contributed by atoms with Crippen molar-refractivity contribution in [1.82, 2.24) is 0 Å². The topological polar surface area (TPSA) is 66.0 Å². The molecule has 0 N–H and O–H groups in total. The Kier molecular flexibility index (Phi) is 7.59. The first-order chi connectivity index (χ1) is 10.6. The molecule has 0 heterocycles. The minimum atomic E-state index is -1.16. The summed E-state index contributed by atoms with van der Waals surface area (Å²) < 4.78 is 9.63. The number of hydrogen-bond acceptors (Lipinski definition) is 4. The smallest absolute Gasteiger partial charge is 0.317 e. The van der Waals surface area contributed by atoms with Crippen LogP contribution in [0, 0.1) is 22.7 Å². The molecule has 0 radical (unpaired) electrons. The lowest BCUT2D eigenvalue weighted by Gasteiger charge is -2.02. The molecule has 22 heavy (non-hydrogen) atoms. The normalized spacial score (nSPS) is 9.36. The van der Waals surface area contributed by atoms with Crippen LogP contribution in [-0.2, 0) is 8.85 Å². The Bertz CT molecular complexity index is 639. The Morgan fingerprint density at radius 2 is 1.32 bits per heavy atom. The van der Waals surface area contributed by atoms with E-state index in [1.165, 1.54) is 0 Å². The first-order valence-electron chi connectivity index (χ1n) is 6.71. The fraction of sp³-hybridized carbons (Fsp3) is 0.176. The van der Waals surface area contributed by atoms with Crippen molar-refractivity contribution in [2.45, 2.75) is 6.55 Å². The molecule has 0 saturated carbocycles. The molecule has 0 saturated heterocycles. The summed E-state index contributed by atoms with van der Waals surface area (Å²) in [5.41, 5.74) is 2.93. The first kappa shape index (κ1) is 17.6. The van der Waals surface area contributed by atoms with Gasteiger partial charge in [0.2, 0.25) is 0 Å². The summed E-state index contributed by atoms with van der Waals surface area (Å²) in [7, 11) is 2.17. The second-order valence-corrected chi connectivity index (χ2v) is 6.51. The quantitative estimate of drug-likeness (QED) is 0.816. The molecule has 0 aliphatic carbocycles. The van der Waals surface area contributed by atoms with Gasteiger partial charge in [0, 0.05) is 14.2 Å². The maximum absolute atomic E-state index is 8.87. The lowest BCUT2D eigenvalue weighted by Crippen LogP contribution is -2.12. The zero-order valence-corrected chi connectivity index (χ0v) is 14.1. The standard InChI is InChI=1S/C14H8N2.C3H10O2Si/c15-9-11-6-12(10-16)8-14(7-11)13-4-2-1-3-5-13;1-4-6(3)5-2/h1-8H;6H,1-3H3. The Balaban J connectivity index is 0.000000346. The highest BCUT2D eigenvalue weighted by molar-refractivity contribution is 6.42. The molecule has 0 atom stereocenters. The average molecular weight is 310 g/mol. The van der Waals surface area contributed by atoms with Gasteiger partial charge in [-0.15, -0.1) is 0 Å². The molecule has 0 aliphatic rings. The van der Waals surface area contributed by atoms with Crippen molar-refractivity contribution >= 4 is 9.28 Å². The average Bonchev–Trinajstić information content (AvgIpc) is 2.61. The van der Waals surface area contributed by atoms with E-state index in [1.807, 2.05) is 36.9 Å². The van der Waals surface area contributed by atoms with Gasteiger partial charge < -0.3 is 8.85 Å². The van der Waals surface area contributed by atoms with E-state index in [9.17, 15) is 0 Å². The lowest BCUT2D eigenvalue weighted by atomic mass is 10.0. The molecule has 0 bridgehead atoms. The fourth-order valence-electron chi connectivity index (χ4n) is 1.65. The van der Waals surface area contributed by atoms with Crippen molar-refractivity contribution in [1.29, 1.82) is 10.5 Å². The van der Waals surface area contributed by atoms with Gasteiger partial charge in [0.25, 0.3) is 0 Å². The van der Waals surface area contributed by atoms with Gasteiger partial charge in [-0.05, 0) is 35.9 Å². The monoisotopic (exact) mass is 310 g/mol. The minimum Gasteiger partial charge on any atom is -0.400 e. The molecule has 5 heteroatoms. The highest BCUT2D eigenvalue weighted by Crippen LogP contribution is 2.21. The lowest BCUT2D eigenvalue weighted by molar-refractivity contribution is 0.285. The van der Waals surface area contributed by atoms with Crippen molar-refractivity contribution in [2.24, 2.45) is 0 Å². The third kappa shape index (κ3) is 5.51.